The van der Waals surface area contributed by atoms with E-state index in [0.29, 0.717) is 17.0 Å². The molecule has 1 aromatic carbocycles. The average Bonchev–Trinajstić information content (AvgIpc) is 3.08. The quantitative estimate of drug-likeness (QED) is 0.657. The molecule has 2 aromatic rings. The highest BCUT2D eigenvalue weighted by molar-refractivity contribution is 7.11. The SMILES string of the molecule is C=C/C(N)=C/C(=NCc1ccccc1F)c1nccs1.CN. The number of thiazole rings is 1. The van der Waals surface area contributed by atoms with Crippen LogP contribution in [0, 0.1) is 5.82 Å². The molecule has 0 radical (unpaired) electrons. The van der Waals surface area contributed by atoms with Crippen LogP contribution < -0.4 is 11.5 Å². The predicted octanol–water partition coefficient (Wildman–Crippen LogP) is 2.88. The molecule has 4 N–H and O–H groups in total. The highest BCUT2D eigenvalue weighted by Crippen LogP contribution is 2.12. The predicted molar refractivity (Wildman–Crippen MR) is 91.3 cm³/mol. The van der Waals surface area contributed by atoms with Crippen LogP contribution in [0.3, 0.4) is 0 Å². The molecule has 0 bridgehead atoms. The maximum absolute atomic E-state index is 13.6. The zero-order valence-electron chi connectivity index (χ0n) is 12.4. The molecule has 0 saturated carbocycles. The van der Waals surface area contributed by atoms with Gasteiger partial charge in [0.15, 0.2) is 0 Å². The highest BCUT2D eigenvalue weighted by Gasteiger charge is 2.05. The number of benzene rings is 1. The molecule has 0 aliphatic heterocycles. The Balaban J connectivity index is 0.00000116. The zero-order valence-corrected chi connectivity index (χ0v) is 13.2. The summed E-state index contributed by atoms with van der Waals surface area (Å²) in [6.07, 6.45) is 4.91. The minimum atomic E-state index is -0.268. The number of hydrogen-bond acceptors (Lipinski definition) is 5. The van der Waals surface area contributed by atoms with Crippen molar-refractivity contribution in [1.82, 2.24) is 4.98 Å². The lowest BCUT2D eigenvalue weighted by atomic mass is 10.2. The van der Waals surface area contributed by atoms with Crippen LogP contribution >= 0.6 is 11.3 Å². The monoisotopic (exact) mass is 318 g/mol. The van der Waals surface area contributed by atoms with Gasteiger partial charge < -0.3 is 11.5 Å². The van der Waals surface area contributed by atoms with Crippen molar-refractivity contribution in [3.63, 3.8) is 0 Å². The molecule has 0 aliphatic rings. The van der Waals surface area contributed by atoms with Crippen molar-refractivity contribution >= 4 is 17.0 Å². The maximum atomic E-state index is 13.6. The smallest absolute Gasteiger partial charge is 0.141 e. The second-order valence-electron chi connectivity index (χ2n) is 3.98. The van der Waals surface area contributed by atoms with Crippen LogP contribution in [0.1, 0.15) is 10.6 Å². The third kappa shape index (κ3) is 5.23. The standard InChI is InChI=1S/C15H14FN3S.CH5N/c1-2-12(17)9-14(15-18-7-8-20-15)19-10-11-5-3-4-6-13(11)16;1-2/h2-9H,1,10,17H2;2H2,1H3/b12-9-,19-14?;. The van der Waals surface area contributed by atoms with E-state index < -0.39 is 0 Å². The second kappa shape index (κ2) is 9.59. The Bertz CT molecular complexity index is 648. The van der Waals surface area contributed by atoms with Gasteiger partial charge in [0.2, 0.25) is 0 Å². The van der Waals surface area contributed by atoms with Crippen LogP contribution in [0.25, 0.3) is 0 Å². The van der Waals surface area contributed by atoms with E-state index in [0.717, 1.165) is 5.01 Å². The van der Waals surface area contributed by atoms with E-state index in [4.69, 9.17) is 5.73 Å². The number of halogens is 1. The summed E-state index contributed by atoms with van der Waals surface area (Å²) in [5.74, 6) is -0.268. The molecule has 0 spiro atoms. The van der Waals surface area contributed by atoms with Crippen molar-refractivity contribution in [2.75, 3.05) is 7.05 Å². The molecule has 4 nitrogen and oxygen atoms in total. The van der Waals surface area contributed by atoms with Crippen molar-refractivity contribution in [3.8, 4) is 0 Å². The Hall–Kier alpha value is -2.31. The lowest BCUT2D eigenvalue weighted by Gasteiger charge is -2.02. The molecule has 1 aromatic heterocycles. The number of nitrogens with zero attached hydrogens (tertiary/aromatic N) is 2. The van der Waals surface area contributed by atoms with Crippen LogP contribution in [0.2, 0.25) is 0 Å². The first kappa shape index (κ1) is 17.7. The molecule has 0 fully saturated rings. The number of rotatable bonds is 5. The molecular formula is C16H19FN4S. The molecular weight excluding hydrogens is 299 g/mol. The lowest BCUT2D eigenvalue weighted by Crippen LogP contribution is -2.03. The largest absolute Gasteiger partial charge is 0.399 e. The fraction of sp³-hybridized carbons (Fsp3) is 0.125. The van der Waals surface area contributed by atoms with E-state index >= 15 is 0 Å². The Morgan fingerprint density at radius 1 is 1.41 bits per heavy atom. The van der Waals surface area contributed by atoms with E-state index in [-0.39, 0.29) is 12.4 Å². The van der Waals surface area contributed by atoms with Gasteiger partial charge in [0.05, 0.1) is 12.3 Å². The number of nitrogens with two attached hydrogens (primary N) is 2. The summed E-state index contributed by atoms with van der Waals surface area (Å²) in [6.45, 7) is 3.84. The van der Waals surface area contributed by atoms with E-state index in [2.05, 4.69) is 22.3 Å². The topological polar surface area (TPSA) is 77.3 Å². The molecule has 6 heteroatoms. The van der Waals surface area contributed by atoms with E-state index in [1.165, 1.54) is 30.5 Å². The van der Waals surface area contributed by atoms with Crippen molar-refractivity contribution in [3.05, 3.63) is 76.7 Å². The summed E-state index contributed by atoms with van der Waals surface area (Å²) in [5, 5.41) is 2.59. The Morgan fingerprint density at radius 3 is 2.73 bits per heavy atom. The molecule has 0 amide bonds. The molecule has 0 unspecified atom stereocenters. The van der Waals surface area contributed by atoms with Crippen molar-refractivity contribution in [2.24, 2.45) is 16.5 Å². The first-order valence-electron chi connectivity index (χ1n) is 6.55. The first-order chi connectivity index (χ1) is 10.7. The first-order valence-corrected chi connectivity index (χ1v) is 7.43. The van der Waals surface area contributed by atoms with Gasteiger partial charge >= 0.3 is 0 Å². The van der Waals surface area contributed by atoms with Crippen LogP contribution in [0.4, 0.5) is 4.39 Å². The summed E-state index contributed by atoms with van der Waals surface area (Å²) >= 11 is 1.45. The van der Waals surface area contributed by atoms with Gasteiger partial charge in [0.25, 0.3) is 0 Å². The number of aromatic nitrogens is 1. The normalized spacial score (nSPS) is 11.6. The summed E-state index contributed by atoms with van der Waals surface area (Å²) in [6, 6.07) is 6.56. The van der Waals surface area contributed by atoms with Crippen LogP contribution in [0.5, 0.6) is 0 Å². The van der Waals surface area contributed by atoms with Gasteiger partial charge in [-0.25, -0.2) is 9.37 Å². The van der Waals surface area contributed by atoms with Gasteiger partial charge in [-0.3, -0.25) is 4.99 Å². The van der Waals surface area contributed by atoms with Crippen LogP contribution in [-0.4, -0.2) is 17.7 Å². The van der Waals surface area contributed by atoms with Crippen LogP contribution in [0.15, 0.2) is 65.3 Å². The van der Waals surface area contributed by atoms with Gasteiger partial charge in [-0.1, -0.05) is 24.8 Å². The Kier molecular flexibility index (Phi) is 7.74. The summed E-state index contributed by atoms with van der Waals surface area (Å²) in [7, 11) is 1.50. The second-order valence-corrected chi connectivity index (χ2v) is 4.87. The van der Waals surface area contributed by atoms with Crippen molar-refractivity contribution in [2.45, 2.75) is 6.54 Å². The van der Waals surface area contributed by atoms with Gasteiger partial charge in [0.1, 0.15) is 10.8 Å². The molecule has 0 aliphatic carbocycles. The molecule has 1 heterocycles. The van der Waals surface area contributed by atoms with E-state index in [1.807, 2.05) is 5.38 Å². The molecule has 22 heavy (non-hydrogen) atoms. The Labute approximate surface area is 133 Å². The molecule has 0 saturated heterocycles. The van der Waals surface area contributed by atoms with Crippen molar-refractivity contribution in [1.29, 1.82) is 0 Å². The maximum Gasteiger partial charge on any atom is 0.141 e. The number of allylic oxidation sites excluding steroid dienone is 2. The minimum Gasteiger partial charge on any atom is -0.399 e. The highest BCUT2D eigenvalue weighted by atomic mass is 32.1. The number of hydrogen-bond donors (Lipinski definition) is 2. The summed E-state index contributed by atoms with van der Waals surface area (Å²) in [5.41, 5.74) is 11.9. The zero-order chi connectivity index (χ0) is 16.4. The van der Waals surface area contributed by atoms with Gasteiger partial charge in [-0.2, -0.15) is 0 Å². The van der Waals surface area contributed by atoms with Gasteiger partial charge in [0, 0.05) is 22.8 Å². The summed E-state index contributed by atoms with van der Waals surface area (Å²) in [4.78, 5) is 8.60. The van der Waals surface area contributed by atoms with Gasteiger partial charge in [-0.15, -0.1) is 11.3 Å². The lowest BCUT2D eigenvalue weighted by molar-refractivity contribution is 0.611. The van der Waals surface area contributed by atoms with E-state index in [9.17, 15) is 4.39 Å². The molecule has 116 valence electrons. The third-order valence-corrected chi connectivity index (χ3v) is 3.36. The number of aliphatic imine (C=N–C) groups is 1. The third-order valence-electron chi connectivity index (χ3n) is 2.57. The molecule has 0 atom stereocenters. The average molecular weight is 318 g/mol. The molecule has 2 rings (SSSR count). The summed E-state index contributed by atoms with van der Waals surface area (Å²) < 4.78 is 13.6. The van der Waals surface area contributed by atoms with Gasteiger partial charge in [-0.05, 0) is 25.3 Å². The van der Waals surface area contributed by atoms with Crippen molar-refractivity contribution < 1.29 is 4.39 Å². The van der Waals surface area contributed by atoms with Crippen LogP contribution in [-0.2, 0) is 6.54 Å². The minimum absolute atomic E-state index is 0.239. The van der Waals surface area contributed by atoms with E-state index in [1.54, 1.807) is 30.5 Å². The fourth-order valence-electron chi connectivity index (χ4n) is 1.54. The Morgan fingerprint density at radius 2 is 2.14 bits per heavy atom. The fourth-order valence-corrected chi connectivity index (χ4v) is 2.16.